The summed E-state index contributed by atoms with van der Waals surface area (Å²) >= 11 is 0. The molecule has 2 aromatic rings. The van der Waals surface area contributed by atoms with Crippen molar-refractivity contribution in [2.24, 2.45) is 11.8 Å². The topological polar surface area (TPSA) is 82.5 Å². The van der Waals surface area contributed by atoms with Gasteiger partial charge in [0.25, 0.3) is 5.91 Å². The fourth-order valence-electron chi connectivity index (χ4n) is 4.95. The highest BCUT2D eigenvalue weighted by Gasteiger charge is 2.26. The normalized spacial score (nSPS) is 22.5. The predicted octanol–water partition coefficient (Wildman–Crippen LogP) is 3.81. The van der Waals surface area contributed by atoms with Gasteiger partial charge >= 0.3 is 0 Å². The number of benzene rings is 1. The number of nitrogens with one attached hydrogen (secondary N) is 1. The third-order valence-corrected chi connectivity index (χ3v) is 8.36. The van der Waals surface area contributed by atoms with E-state index in [2.05, 4.69) is 22.1 Å². The molecular weight excluding hydrogens is 434 g/mol. The van der Waals surface area contributed by atoms with Crippen LogP contribution in [0.3, 0.4) is 0 Å². The third kappa shape index (κ3) is 5.89. The molecule has 2 N–H and O–H groups in total. The molecule has 2 atom stereocenters. The Labute approximate surface area is 199 Å². The van der Waals surface area contributed by atoms with Crippen molar-refractivity contribution in [3.63, 3.8) is 0 Å². The Kier molecular flexibility index (Phi) is 7.94. The number of hydrogen-bond donors (Lipinski definition) is 2. The Bertz CT molecular complexity index is 987. The number of aliphatic hydroxyl groups is 1. The van der Waals surface area contributed by atoms with Crippen molar-refractivity contribution in [2.45, 2.75) is 63.6 Å². The van der Waals surface area contributed by atoms with Gasteiger partial charge in [-0.15, -0.1) is 0 Å². The third-order valence-electron chi connectivity index (χ3n) is 7.04. The van der Waals surface area contributed by atoms with Crippen molar-refractivity contribution >= 4 is 16.7 Å². The van der Waals surface area contributed by atoms with Crippen molar-refractivity contribution in [3.8, 4) is 0 Å². The molecule has 7 heteroatoms. The average molecular weight is 470 g/mol. The number of carbonyl (C=O) groups excluding carboxylic acids is 1. The number of pyridine rings is 1. The molecule has 33 heavy (non-hydrogen) atoms. The Morgan fingerprint density at radius 1 is 1.21 bits per heavy atom. The minimum Gasteiger partial charge on any atom is -0.394 e. The van der Waals surface area contributed by atoms with Gasteiger partial charge in [0.1, 0.15) is 0 Å². The first kappa shape index (κ1) is 24.0. The second-order valence-electron chi connectivity index (χ2n) is 9.54. The summed E-state index contributed by atoms with van der Waals surface area (Å²) in [5.74, 6) is 1.94. The number of rotatable bonds is 8. The van der Waals surface area contributed by atoms with Crippen LogP contribution in [0.2, 0.25) is 0 Å². The molecule has 178 valence electrons. The summed E-state index contributed by atoms with van der Waals surface area (Å²) in [4.78, 5) is 20.7. The molecule has 0 saturated heterocycles. The molecule has 2 unspecified atom stereocenters. The van der Waals surface area contributed by atoms with Gasteiger partial charge in [0.05, 0.1) is 34.7 Å². The standard InChI is InChI=1S/C26H35N3O3S/c1-3-33(32)23-10-8-20(9-11-23)25(17-30)28-26(31)21-12-22-15-29(16-24(22)27-13-21)14-19-6-4-18(2)5-7-19/h8-13,18-19,25,30H,3-7,14-17H2,1-2H3,(H,28,31). The fourth-order valence-corrected chi connectivity index (χ4v) is 5.72. The second-order valence-corrected chi connectivity index (χ2v) is 11.3. The van der Waals surface area contributed by atoms with Crippen molar-refractivity contribution in [1.82, 2.24) is 15.2 Å². The van der Waals surface area contributed by atoms with E-state index in [1.165, 1.54) is 25.7 Å². The van der Waals surface area contributed by atoms with Gasteiger partial charge in [0, 0.05) is 36.5 Å². The van der Waals surface area contributed by atoms with Gasteiger partial charge < -0.3 is 10.4 Å². The maximum Gasteiger partial charge on any atom is 0.253 e. The summed E-state index contributed by atoms with van der Waals surface area (Å²) in [6.07, 6.45) is 6.93. The molecule has 4 rings (SSSR count). The van der Waals surface area contributed by atoms with E-state index in [0.717, 1.165) is 53.2 Å². The van der Waals surface area contributed by atoms with Gasteiger partial charge in [-0.2, -0.15) is 0 Å². The van der Waals surface area contributed by atoms with Gasteiger partial charge in [0.15, 0.2) is 0 Å². The molecule has 1 aromatic carbocycles. The molecule has 0 spiro atoms. The van der Waals surface area contributed by atoms with Crippen LogP contribution >= 0.6 is 0 Å². The average Bonchev–Trinajstić information content (AvgIpc) is 3.25. The van der Waals surface area contributed by atoms with Crippen LogP contribution in [0.15, 0.2) is 41.4 Å². The Morgan fingerprint density at radius 3 is 2.61 bits per heavy atom. The predicted molar refractivity (Wildman–Crippen MR) is 130 cm³/mol. The lowest BCUT2D eigenvalue weighted by Gasteiger charge is -2.29. The lowest BCUT2D eigenvalue weighted by molar-refractivity contribution is 0.0915. The maximum absolute atomic E-state index is 12.9. The van der Waals surface area contributed by atoms with E-state index >= 15 is 0 Å². The number of aliphatic hydroxyl groups excluding tert-OH is 1. The second kappa shape index (κ2) is 10.9. The molecule has 1 aliphatic carbocycles. The Morgan fingerprint density at radius 2 is 1.94 bits per heavy atom. The van der Waals surface area contributed by atoms with Gasteiger partial charge in [-0.25, -0.2) is 0 Å². The summed E-state index contributed by atoms with van der Waals surface area (Å²) in [6, 6.07) is 8.64. The SMILES string of the molecule is CCS(=O)c1ccc(C(CO)NC(=O)c2cnc3c(c2)CN(CC2CCC(C)CC2)C3)cc1. The lowest BCUT2D eigenvalue weighted by Crippen LogP contribution is -2.31. The molecule has 2 aliphatic rings. The fraction of sp³-hybridized carbons (Fsp3) is 0.538. The van der Waals surface area contributed by atoms with E-state index < -0.39 is 16.8 Å². The zero-order valence-electron chi connectivity index (χ0n) is 19.6. The number of fused-ring (bicyclic) bond motifs is 1. The smallest absolute Gasteiger partial charge is 0.253 e. The minimum atomic E-state index is -1.02. The number of aromatic nitrogens is 1. The zero-order chi connectivity index (χ0) is 23.4. The van der Waals surface area contributed by atoms with Crippen LogP contribution in [0, 0.1) is 11.8 Å². The molecule has 1 fully saturated rings. The van der Waals surface area contributed by atoms with Crippen LogP contribution in [0.1, 0.15) is 72.8 Å². The van der Waals surface area contributed by atoms with E-state index in [4.69, 9.17) is 0 Å². The highest BCUT2D eigenvalue weighted by molar-refractivity contribution is 7.85. The van der Waals surface area contributed by atoms with Crippen LogP contribution in [0.25, 0.3) is 0 Å². The zero-order valence-corrected chi connectivity index (χ0v) is 20.4. The molecule has 6 nitrogen and oxygen atoms in total. The molecule has 2 heterocycles. The number of amides is 1. The highest BCUT2D eigenvalue weighted by Crippen LogP contribution is 2.31. The number of nitrogens with zero attached hydrogens (tertiary/aromatic N) is 2. The van der Waals surface area contributed by atoms with Crippen LogP contribution < -0.4 is 5.32 Å². The Hall–Kier alpha value is -2.09. The molecule has 0 radical (unpaired) electrons. The number of carbonyl (C=O) groups is 1. The first-order valence-electron chi connectivity index (χ1n) is 12.1. The highest BCUT2D eigenvalue weighted by atomic mass is 32.2. The maximum atomic E-state index is 12.9. The summed E-state index contributed by atoms with van der Waals surface area (Å²) in [5.41, 5.74) is 3.49. The molecule has 1 saturated carbocycles. The van der Waals surface area contributed by atoms with E-state index in [-0.39, 0.29) is 12.5 Å². The van der Waals surface area contributed by atoms with Crippen molar-refractivity contribution in [2.75, 3.05) is 18.9 Å². The minimum absolute atomic E-state index is 0.214. The van der Waals surface area contributed by atoms with Gasteiger partial charge in [0.2, 0.25) is 0 Å². The summed E-state index contributed by atoms with van der Waals surface area (Å²) in [5, 5.41) is 12.8. The quantitative estimate of drug-likeness (QED) is 0.614. The van der Waals surface area contributed by atoms with Crippen molar-refractivity contribution in [3.05, 3.63) is 58.9 Å². The summed E-state index contributed by atoms with van der Waals surface area (Å²) in [6.45, 7) is 6.82. The van der Waals surface area contributed by atoms with Gasteiger partial charge in [-0.1, -0.05) is 38.8 Å². The number of hydrogen-bond acceptors (Lipinski definition) is 5. The largest absolute Gasteiger partial charge is 0.394 e. The Balaban J connectivity index is 1.37. The molecule has 0 bridgehead atoms. The molecule has 1 aliphatic heterocycles. The first-order valence-corrected chi connectivity index (χ1v) is 13.4. The first-order chi connectivity index (χ1) is 16.0. The van der Waals surface area contributed by atoms with Crippen molar-refractivity contribution in [1.29, 1.82) is 0 Å². The summed E-state index contributed by atoms with van der Waals surface area (Å²) in [7, 11) is -1.02. The van der Waals surface area contributed by atoms with E-state index in [9.17, 15) is 14.1 Å². The van der Waals surface area contributed by atoms with Crippen LogP contribution in [0.5, 0.6) is 0 Å². The van der Waals surface area contributed by atoms with E-state index in [1.54, 1.807) is 18.3 Å². The van der Waals surface area contributed by atoms with Gasteiger partial charge in [-0.05, 0) is 54.0 Å². The van der Waals surface area contributed by atoms with Crippen LogP contribution in [-0.4, -0.2) is 44.0 Å². The molecule has 1 amide bonds. The molecular formula is C26H35N3O3S. The van der Waals surface area contributed by atoms with Crippen LogP contribution in [0.4, 0.5) is 0 Å². The van der Waals surface area contributed by atoms with Crippen molar-refractivity contribution < 1.29 is 14.1 Å². The van der Waals surface area contributed by atoms with Crippen LogP contribution in [-0.2, 0) is 23.9 Å². The summed E-state index contributed by atoms with van der Waals surface area (Å²) < 4.78 is 11.9. The van der Waals surface area contributed by atoms with Gasteiger partial charge in [-0.3, -0.25) is 18.9 Å². The van der Waals surface area contributed by atoms with E-state index in [0.29, 0.717) is 11.3 Å². The van der Waals surface area contributed by atoms with E-state index in [1.807, 2.05) is 25.1 Å². The lowest BCUT2D eigenvalue weighted by atomic mass is 9.83. The molecule has 1 aromatic heterocycles. The monoisotopic (exact) mass is 469 g/mol.